The van der Waals surface area contributed by atoms with Crippen LogP contribution in [0.4, 0.5) is 4.39 Å². The van der Waals surface area contributed by atoms with E-state index in [2.05, 4.69) is 16.8 Å². The molecule has 1 aromatic heterocycles. The molecule has 20 heavy (non-hydrogen) atoms. The van der Waals surface area contributed by atoms with Crippen LogP contribution in [0.5, 0.6) is 5.75 Å². The molecular weight excluding hydrogens is 273 g/mol. The van der Waals surface area contributed by atoms with Crippen molar-refractivity contribution in [3.63, 3.8) is 0 Å². The molecule has 108 valence electrons. The van der Waals surface area contributed by atoms with Crippen LogP contribution in [0.1, 0.15) is 29.0 Å². The van der Waals surface area contributed by atoms with Gasteiger partial charge in [-0.3, -0.25) is 0 Å². The summed E-state index contributed by atoms with van der Waals surface area (Å²) in [5.74, 6) is 0.579. The summed E-state index contributed by atoms with van der Waals surface area (Å²) < 4.78 is 19.6. The van der Waals surface area contributed by atoms with Crippen LogP contribution in [-0.4, -0.2) is 13.7 Å². The molecular formula is C16H20FNOS. The fourth-order valence-corrected chi connectivity index (χ4v) is 2.70. The molecule has 2 rings (SSSR count). The van der Waals surface area contributed by atoms with Gasteiger partial charge in [0.2, 0.25) is 0 Å². The number of benzene rings is 1. The van der Waals surface area contributed by atoms with Gasteiger partial charge in [-0.05, 0) is 50.0 Å². The molecule has 0 fully saturated rings. The van der Waals surface area contributed by atoms with Crippen LogP contribution in [0.25, 0.3) is 0 Å². The molecule has 0 spiro atoms. The maximum Gasteiger partial charge on any atom is 0.126 e. The minimum Gasteiger partial charge on any atom is -0.493 e. The first-order valence-corrected chi connectivity index (χ1v) is 7.62. The van der Waals surface area contributed by atoms with E-state index in [0.717, 1.165) is 17.7 Å². The van der Waals surface area contributed by atoms with Crippen LogP contribution in [0.3, 0.4) is 0 Å². The molecule has 0 aliphatic rings. The van der Waals surface area contributed by atoms with Crippen molar-refractivity contribution in [2.24, 2.45) is 0 Å². The fourth-order valence-electron chi connectivity index (χ4n) is 2.01. The molecule has 2 nitrogen and oxygen atoms in total. The number of ether oxygens (including phenoxy) is 1. The SMILES string of the molecule is CNC(C)c1cc(F)c(C)cc1OCCc1cccs1. The van der Waals surface area contributed by atoms with Gasteiger partial charge in [0.05, 0.1) is 6.61 Å². The number of halogens is 1. The Hall–Kier alpha value is -1.39. The predicted octanol–water partition coefficient (Wildman–Crippen LogP) is 4.10. The summed E-state index contributed by atoms with van der Waals surface area (Å²) >= 11 is 1.73. The van der Waals surface area contributed by atoms with Gasteiger partial charge >= 0.3 is 0 Å². The average molecular weight is 293 g/mol. The van der Waals surface area contributed by atoms with Gasteiger partial charge in [0, 0.05) is 22.9 Å². The Labute approximate surface area is 123 Å². The van der Waals surface area contributed by atoms with Crippen molar-refractivity contribution >= 4 is 11.3 Å². The van der Waals surface area contributed by atoms with Crippen LogP contribution in [0.2, 0.25) is 0 Å². The lowest BCUT2D eigenvalue weighted by atomic mass is 10.0. The average Bonchev–Trinajstić information content (AvgIpc) is 2.94. The van der Waals surface area contributed by atoms with E-state index in [0.29, 0.717) is 12.2 Å². The van der Waals surface area contributed by atoms with Gasteiger partial charge < -0.3 is 10.1 Å². The summed E-state index contributed by atoms with van der Waals surface area (Å²) in [7, 11) is 1.86. The minimum atomic E-state index is -0.187. The second kappa shape index (κ2) is 6.86. The van der Waals surface area contributed by atoms with Gasteiger partial charge in [0.15, 0.2) is 0 Å². The quantitative estimate of drug-likeness (QED) is 0.866. The van der Waals surface area contributed by atoms with Crippen LogP contribution in [0, 0.1) is 12.7 Å². The van der Waals surface area contributed by atoms with Crippen LogP contribution in [-0.2, 0) is 6.42 Å². The molecule has 1 aromatic carbocycles. The Morgan fingerprint density at radius 3 is 2.85 bits per heavy atom. The van der Waals surface area contributed by atoms with Crippen molar-refractivity contribution < 1.29 is 9.13 Å². The minimum absolute atomic E-state index is 0.0573. The zero-order valence-electron chi connectivity index (χ0n) is 12.1. The fraction of sp³-hybridized carbons (Fsp3) is 0.375. The summed E-state index contributed by atoms with van der Waals surface area (Å²) in [6.45, 7) is 4.36. The molecule has 2 aromatic rings. The number of hydrogen-bond donors (Lipinski definition) is 1. The second-order valence-corrected chi connectivity index (χ2v) is 5.86. The van der Waals surface area contributed by atoms with Gasteiger partial charge in [-0.2, -0.15) is 0 Å². The first-order valence-electron chi connectivity index (χ1n) is 6.74. The summed E-state index contributed by atoms with van der Waals surface area (Å²) in [5, 5.41) is 5.19. The molecule has 1 unspecified atom stereocenters. The first kappa shape index (κ1) is 15.0. The molecule has 0 saturated carbocycles. The Morgan fingerprint density at radius 2 is 2.20 bits per heavy atom. The van der Waals surface area contributed by atoms with Crippen LogP contribution >= 0.6 is 11.3 Å². The van der Waals surface area contributed by atoms with E-state index >= 15 is 0 Å². The maximum absolute atomic E-state index is 13.7. The summed E-state index contributed by atoms with van der Waals surface area (Å²) in [5.41, 5.74) is 1.48. The molecule has 0 saturated heterocycles. The molecule has 0 amide bonds. The Bertz CT molecular complexity index is 554. The normalized spacial score (nSPS) is 12.4. The largest absolute Gasteiger partial charge is 0.493 e. The van der Waals surface area contributed by atoms with Gasteiger partial charge in [0.1, 0.15) is 11.6 Å². The van der Waals surface area contributed by atoms with E-state index in [9.17, 15) is 4.39 Å². The third-order valence-corrected chi connectivity index (χ3v) is 4.31. The van der Waals surface area contributed by atoms with E-state index in [1.54, 1.807) is 30.4 Å². The lowest BCUT2D eigenvalue weighted by Gasteiger charge is -2.17. The second-order valence-electron chi connectivity index (χ2n) is 4.83. The number of hydrogen-bond acceptors (Lipinski definition) is 3. The van der Waals surface area contributed by atoms with Crippen molar-refractivity contribution in [1.82, 2.24) is 5.32 Å². The Balaban J connectivity index is 2.10. The topological polar surface area (TPSA) is 21.3 Å². The summed E-state index contributed by atoms with van der Waals surface area (Å²) in [6.07, 6.45) is 0.876. The predicted molar refractivity (Wildman–Crippen MR) is 82.1 cm³/mol. The molecule has 4 heteroatoms. The van der Waals surface area contributed by atoms with Crippen LogP contribution in [0.15, 0.2) is 29.6 Å². The van der Waals surface area contributed by atoms with Crippen molar-refractivity contribution in [2.75, 3.05) is 13.7 Å². The van der Waals surface area contributed by atoms with E-state index in [4.69, 9.17) is 4.74 Å². The van der Waals surface area contributed by atoms with Gasteiger partial charge in [-0.25, -0.2) is 4.39 Å². The highest BCUT2D eigenvalue weighted by molar-refractivity contribution is 7.09. The van der Waals surface area contributed by atoms with Crippen molar-refractivity contribution in [1.29, 1.82) is 0 Å². The smallest absolute Gasteiger partial charge is 0.126 e. The maximum atomic E-state index is 13.7. The lowest BCUT2D eigenvalue weighted by Crippen LogP contribution is -2.15. The van der Waals surface area contributed by atoms with Crippen molar-refractivity contribution in [3.05, 3.63) is 51.5 Å². The number of rotatable bonds is 6. The number of thiophene rings is 1. The summed E-state index contributed by atoms with van der Waals surface area (Å²) in [4.78, 5) is 1.30. The highest BCUT2D eigenvalue weighted by atomic mass is 32.1. The zero-order chi connectivity index (χ0) is 14.5. The monoisotopic (exact) mass is 293 g/mol. The van der Waals surface area contributed by atoms with Gasteiger partial charge in [-0.15, -0.1) is 11.3 Å². The highest BCUT2D eigenvalue weighted by Gasteiger charge is 2.13. The lowest BCUT2D eigenvalue weighted by molar-refractivity contribution is 0.315. The Kier molecular flexibility index (Phi) is 5.15. The number of nitrogens with one attached hydrogen (secondary N) is 1. The molecule has 0 aliphatic heterocycles. The molecule has 0 radical (unpaired) electrons. The highest BCUT2D eigenvalue weighted by Crippen LogP contribution is 2.28. The third kappa shape index (κ3) is 3.58. The standard InChI is InChI=1S/C16H20FNOS/c1-11-9-16(14(10-15(11)17)12(2)18-3)19-7-6-13-5-4-8-20-13/h4-5,8-10,12,18H,6-7H2,1-3H3. The first-order chi connectivity index (χ1) is 9.61. The number of aryl methyl sites for hydroxylation is 1. The molecule has 1 N–H and O–H groups in total. The van der Waals surface area contributed by atoms with Crippen molar-refractivity contribution in [3.8, 4) is 5.75 Å². The van der Waals surface area contributed by atoms with E-state index in [1.165, 1.54) is 4.88 Å². The van der Waals surface area contributed by atoms with Crippen molar-refractivity contribution in [2.45, 2.75) is 26.3 Å². The zero-order valence-corrected chi connectivity index (χ0v) is 12.9. The van der Waals surface area contributed by atoms with E-state index in [-0.39, 0.29) is 11.9 Å². The molecule has 0 aliphatic carbocycles. The third-order valence-electron chi connectivity index (χ3n) is 3.38. The van der Waals surface area contributed by atoms with Gasteiger partial charge in [0.25, 0.3) is 0 Å². The van der Waals surface area contributed by atoms with E-state index < -0.39 is 0 Å². The molecule has 1 heterocycles. The van der Waals surface area contributed by atoms with Gasteiger partial charge in [-0.1, -0.05) is 6.07 Å². The van der Waals surface area contributed by atoms with Crippen LogP contribution < -0.4 is 10.1 Å². The van der Waals surface area contributed by atoms with E-state index in [1.807, 2.05) is 20.0 Å². The Morgan fingerprint density at radius 1 is 1.40 bits per heavy atom. The molecule has 1 atom stereocenters. The summed E-state index contributed by atoms with van der Waals surface area (Å²) in [6, 6.07) is 7.54. The molecule has 0 bridgehead atoms.